The number of aliphatic hydroxyl groups is 1. The van der Waals surface area contributed by atoms with E-state index in [1.807, 2.05) is 6.92 Å². The number of amidine groups is 1. The summed E-state index contributed by atoms with van der Waals surface area (Å²) in [6.07, 6.45) is 1.62. The van der Waals surface area contributed by atoms with Crippen LogP contribution in [0.4, 0.5) is 0 Å². The molecule has 108 valence electrons. The lowest BCUT2D eigenvalue weighted by molar-refractivity contribution is 0.0294. The predicted molar refractivity (Wildman–Crippen MR) is 72.4 cm³/mol. The first-order valence-electron chi connectivity index (χ1n) is 6.44. The maximum Gasteiger partial charge on any atom is 0.272 e. The van der Waals surface area contributed by atoms with Crippen LogP contribution < -0.4 is 5.73 Å². The number of likely N-dealkylation sites (tertiary alicyclic amines) is 1. The summed E-state index contributed by atoms with van der Waals surface area (Å²) >= 11 is 0. The molecule has 0 bridgehead atoms. The van der Waals surface area contributed by atoms with Crippen molar-refractivity contribution in [3.8, 4) is 0 Å². The highest BCUT2D eigenvalue weighted by molar-refractivity contribution is 5.98. The van der Waals surface area contributed by atoms with Crippen LogP contribution in [0.25, 0.3) is 0 Å². The fourth-order valence-corrected chi connectivity index (χ4v) is 2.21. The first-order valence-corrected chi connectivity index (χ1v) is 6.44. The lowest BCUT2D eigenvalue weighted by atomic mass is 9.96. The van der Waals surface area contributed by atoms with Crippen LogP contribution in [-0.2, 0) is 0 Å². The van der Waals surface area contributed by atoms with Crippen LogP contribution in [0.2, 0.25) is 0 Å². The van der Waals surface area contributed by atoms with Crippen molar-refractivity contribution < 1.29 is 15.1 Å². The molecule has 1 aromatic rings. The van der Waals surface area contributed by atoms with Gasteiger partial charge in [-0.1, -0.05) is 12.1 Å². The number of carbonyl (C=O) groups is 1. The number of carbonyl (C=O) groups excluding carboxylic acids is 1. The van der Waals surface area contributed by atoms with Crippen molar-refractivity contribution in [3.05, 3.63) is 29.6 Å². The second-order valence-corrected chi connectivity index (χ2v) is 5.00. The van der Waals surface area contributed by atoms with E-state index >= 15 is 0 Å². The average molecular weight is 278 g/mol. The molecule has 0 aliphatic carbocycles. The van der Waals surface area contributed by atoms with Gasteiger partial charge in [0, 0.05) is 24.8 Å². The first-order chi connectivity index (χ1) is 9.52. The van der Waals surface area contributed by atoms with Gasteiger partial charge in [0.05, 0.1) is 6.10 Å². The molecule has 2 rings (SSSR count). The predicted octanol–water partition coefficient (Wildman–Crippen LogP) is 0.0190. The van der Waals surface area contributed by atoms with Crippen LogP contribution in [0.15, 0.2) is 23.5 Å². The van der Waals surface area contributed by atoms with E-state index in [0.29, 0.717) is 30.8 Å². The number of hydrogen-bond donors (Lipinski definition) is 3. The summed E-state index contributed by atoms with van der Waals surface area (Å²) < 4.78 is 0. The Hall–Kier alpha value is -2.15. The topological polar surface area (TPSA) is 112 Å². The molecule has 2 unspecified atom stereocenters. The van der Waals surface area contributed by atoms with Gasteiger partial charge in [-0.3, -0.25) is 9.78 Å². The lowest BCUT2D eigenvalue weighted by Crippen LogP contribution is -2.45. The fourth-order valence-electron chi connectivity index (χ4n) is 2.21. The Morgan fingerprint density at radius 3 is 2.85 bits per heavy atom. The van der Waals surface area contributed by atoms with Crippen molar-refractivity contribution in [2.45, 2.75) is 19.4 Å². The van der Waals surface area contributed by atoms with Crippen molar-refractivity contribution in [1.29, 1.82) is 0 Å². The molecular weight excluding hydrogens is 260 g/mol. The zero-order valence-electron chi connectivity index (χ0n) is 11.2. The molecule has 1 aromatic heterocycles. The molecule has 0 saturated carbocycles. The van der Waals surface area contributed by atoms with Gasteiger partial charge in [-0.25, -0.2) is 0 Å². The summed E-state index contributed by atoms with van der Waals surface area (Å²) in [5.41, 5.74) is 6.19. The third-order valence-electron chi connectivity index (χ3n) is 3.53. The van der Waals surface area contributed by atoms with E-state index in [9.17, 15) is 9.90 Å². The largest absolute Gasteiger partial charge is 0.409 e. The number of oxime groups is 1. The summed E-state index contributed by atoms with van der Waals surface area (Å²) in [6.45, 7) is 2.96. The minimum absolute atomic E-state index is 0.0498. The summed E-state index contributed by atoms with van der Waals surface area (Å²) in [7, 11) is 0. The zero-order chi connectivity index (χ0) is 14.7. The van der Waals surface area contributed by atoms with Gasteiger partial charge in [-0.15, -0.1) is 0 Å². The van der Waals surface area contributed by atoms with Gasteiger partial charge < -0.3 is 20.9 Å². The third kappa shape index (κ3) is 2.88. The number of piperidine rings is 1. The summed E-state index contributed by atoms with van der Waals surface area (Å²) in [4.78, 5) is 18.0. The first kappa shape index (κ1) is 14.3. The highest BCUT2D eigenvalue weighted by Crippen LogP contribution is 2.18. The fraction of sp³-hybridized carbons (Fsp3) is 0.462. The van der Waals surface area contributed by atoms with Gasteiger partial charge in [0.15, 0.2) is 5.84 Å². The van der Waals surface area contributed by atoms with Crippen molar-refractivity contribution >= 4 is 11.7 Å². The van der Waals surface area contributed by atoms with Crippen LogP contribution in [-0.4, -0.2) is 51.1 Å². The Morgan fingerprint density at radius 1 is 1.55 bits per heavy atom. The number of nitrogens with zero attached hydrogens (tertiary/aromatic N) is 3. The van der Waals surface area contributed by atoms with Gasteiger partial charge >= 0.3 is 0 Å². The Bertz CT molecular complexity index is 515. The SMILES string of the molecule is CC1CN(C(=O)c2ccc(/C(N)=N/O)cn2)CCC1O. The van der Waals surface area contributed by atoms with Crippen molar-refractivity contribution in [2.24, 2.45) is 16.8 Å². The van der Waals surface area contributed by atoms with Crippen molar-refractivity contribution in [3.63, 3.8) is 0 Å². The number of nitrogens with two attached hydrogens (primary N) is 1. The molecular formula is C13H18N4O3. The summed E-state index contributed by atoms with van der Waals surface area (Å²) in [6, 6.07) is 3.13. The molecule has 0 aromatic carbocycles. The molecule has 1 fully saturated rings. The maximum atomic E-state index is 12.3. The van der Waals surface area contributed by atoms with Gasteiger partial charge in [-0.05, 0) is 24.5 Å². The van der Waals surface area contributed by atoms with Crippen molar-refractivity contribution in [1.82, 2.24) is 9.88 Å². The number of aliphatic hydroxyl groups excluding tert-OH is 1. The lowest BCUT2D eigenvalue weighted by Gasteiger charge is -2.34. The molecule has 1 aliphatic heterocycles. The molecule has 1 aliphatic rings. The van der Waals surface area contributed by atoms with E-state index in [1.165, 1.54) is 6.20 Å². The van der Waals surface area contributed by atoms with E-state index in [2.05, 4.69) is 10.1 Å². The Balaban J connectivity index is 2.10. The molecule has 0 spiro atoms. The summed E-state index contributed by atoms with van der Waals surface area (Å²) in [5, 5.41) is 21.1. The monoisotopic (exact) mass is 278 g/mol. The number of hydrogen-bond acceptors (Lipinski definition) is 5. The van der Waals surface area contributed by atoms with E-state index < -0.39 is 0 Å². The van der Waals surface area contributed by atoms with E-state index in [4.69, 9.17) is 10.9 Å². The van der Waals surface area contributed by atoms with Gasteiger partial charge in [-0.2, -0.15) is 0 Å². The molecule has 1 saturated heterocycles. The average Bonchev–Trinajstić information content (AvgIpc) is 2.48. The Morgan fingerprint density at radius 2 is 2.30 bits per heavy atom. The Kier molecular flexibility index (Phi) is 4.19. The molecule has 20 heavy (non-hydrogen) atoms. The molecule has 7 heteroatoms. The van der Waals surface area contributed by atoms with Crippen LogP contribution in [0, 0.1) is 5.92 Å². The number of rotatable bonds is 2. The minimum Gasteiger partial charge on any atom is -0.409 e. The maximum absolute atomic E-state index is 12.3. The normalized spacial score (nSPS) is 23.7. The van der Waals surface area contributed by atoms with E-state index in [0.717, 1.165) is 0 Å². The van der Waals surface area contributed by atoms with Crippen molar-refractivity contribution in [2.75, 3.05) is 13.1 Å². The summed E-state index contributed by atoms with van der Waals surface area (Å²) in [5.74, 6) is -0.162. The second-order valence-electron chi connectivity index (χ2n) is 5.00. The standard InChI is InChI=1S/C13H18N4O3/c1-8-7-17(5-4-11(8)18)13(19)10-3-2-9(6-15-10)12(14)16-20/h2-3,6,8,11,18,20H,4-5,7H2,1H3,(H2,14,16). The number of amides is 1. The number of aromatic nitrogens is 1. The third-order valence-corrected chi connectivity index (χ3v) is 3.53. The molecule has 2 atom stereocenters. The molecule has 7 nitrogen and oxygen atoms in total. The second kappa shape index (κ2) is 5.87. The van der Waals surface area contributed by atoms with Crippen LogP contribution in [0.1, 0.15) is 29.4 Å². The van der Waals surface area contributed by atoms with Gasteiger partial charge in [0.2, 0.25) is 0 Å². The quantitative estimate of drug-likeness (QED) is 0.305. The van der Waals surface area contributed by atoms with Crippen LogP contribution in [0.5, 0.6) is 0 Å². The highest BCUT2D eigenvalue weighted by Gasteiger charge is 2.28. The highest BCUT2D eigenvalue weighted by atomic mass is 16.4. The smallest absolute Gasteiger partial charge is 0.272 e. The Labute approximate surface area is 116 Å². The molecule has 0 radical (unpaired) electrons. The zero-order valence-corrected chi connectivity index (χ0v) is 11.2. The van der Waals surface area contributed by atoms with Gasteiger partial charge in [0.1, 0.15) is 5.69 Å². The number of pyridine rings is 1. The van der Waals surface area contributed by atoms with Gasteiger partial charge in [0.25, 0.3) is 5.91 Å². The van der Waals surface area contributed by atoms with E-state index in [-0.39, 0.29) is 23.8 Å². The molecule has 1 amide bonds. The molecule has 2 heterocycles. The van der Waals surface area contributed by atoms with E-state index in [1.54, 1.807) is 17.0 Å². The van der Waals surface area contributed by atoms with Crippen LogP contribution >= 0.6 is 0 Å². The molecule has 4 N–H and O–H groups in total. The minimum atomic E-state index is -0.352. The van der Waals surface area contributed by atoms with Crippen LogP contribution in [0.3, 0.4) is 0 Å².